The van der Waals surface area contributed by atoms with Crippen molar-refractivity contribution in [1.29, 1.82) is 0 Å². The van der Waals surface area contributed by atoms with E-state index < -0.39 is 0 Å². The maximum absolute atomic E-state index is 5.54. The van der Waals surface area contributed by atoms with Crippen LogP contribution in [0.15, 0.2) is 48.5 Å². The minimum atomic E-state index is 0.342. The molecule has 0 aromatic heterocycles. The number of nitrogens with zero attached hydrogens (tertiary/aromatic N) is 2. The summed E-state index contributed by atoms with van der Waals surface area (Å²) < 4.78 is 11.0. The van der Waals surface area contributed by atoms with Crippen molar-refractivity contribution >= 4 is 5.69 Å². The van der Waals surface area contributed by atoms with E-state index in [9.17, 15) is 0 Å². The van der Waals surface area contributed by atoms with Crippen molar-refractivity contribution < 1.29 is 9.47 Å². The highest BCUT2D eigenvalue weighted by atomic mass is 16.7. The summed E-state index contributed by atoms with van der Waals surface area (Å²) in [5.41, 5.74) is 2.68. The maximum Gasteiger partial charge on any atom is 0.231 e. The van der Waals surface area contributed by atoms with E-state index in [2.05, 4.69) is 57.6 Å². The number of benzene rings is 2. The SMILES string of the molecule is c1ccc(CN2CCCC(CNC3CCN(c4ccc5c(c4)OCO5)CC3)C2)cc1. The Kier molecular flexibility index (Phi) is 6.09. The monoisotopic (exact) mass is 407 g/mol. The van der Waals surface area contributed by atoms with Crippen molar-refractivity contribution in [2.24, 2.45) is 5.92 Å². The van der Waals surface area contributed by atoms with Gasteiger partial charge in [0, 0.05) is 44.0 Å². The second-order valence-corrected chi connectivity index (χ2v) is 8.94. The third-order valence-electron chi connectivity index (χ3n) is 6.76. The summed E-state index contributed by atoms with van der Waals surface area (Å²) >= 11 is 0. The molecule has 3 aliphatic rings. The van der Waals surface area contributed by atoms with Crippen molar-refractivity contribution in [3.63, 3.8) is 0 Å². The first-order chi connectivity index (χ1) is 14.8. The Morgan fingerprint density at radius 2 is 1.73 bits per heavy atom. The van der Waals surface area contributed by atoms with Crippen molar-refractivity contribution in [2.45, 2.75) is 38.3 Å². The zero-order valence-corrected chi connectivity index (χ0v) is 17.8. The normalized spacial score (nSPS) is 22.4. The zero-order chi connectivity index (χ0) is 20.2. The maximum atomic E-state index is 5.54. The van der Waals surface area contributed by atoms with Crippen LogP contribution in [0.2, 0.25) is 0 Å². The van der Waals surface area contributed by atoms with E-state index in [4.69, 9.17) is 9.47 Å². The second kappa shape index (κ2) is 9.27. The third-order valence-corrected chi connectivity index (χ3v) is 6.76. The molecule has 2 aromatic carbocycles. The van der Waals surface area contributed by atoms with Crippen LogP contribution >= 0.6 is 0 Å². The van der Waals surface area contributed by atoms with E-state index >= 15 is 0 Å². The van der Waals surface area contributed by atoms with Crippen LogP contribution in [0.1, 0.15) is 31.2 Å². The van der Waals surface area contributed by atoms with Gasteiger partial charge in [0.05, 0.1) is 0 Å². The molecule has 2 fully saturated rings. The fraction of sp³-hybridized carbons (Fsp3) is 0.520. The van der Waals surface area contributed by atoms with E-state index in [0.717, 1.165) is 43.6 Å². The number of ether oxygens (including phenoxy) is 2. The van der Waals surface area contributed by atoms with Crippen LogP contribution in [0.25, 0.3) is 0 Å². The molecule has 0 radical (unpaired) electrons. The minimum Gasteiger partial charge on any atom is -0.454 e. The quantitative estimate of drug-likeness (QED) is 0.786. The van der Waals surface area contributed by atoms with Crippen LogP contribution < -0.4 is 19.7 Å². The summed E-state index contributed by atoms with van der Waals surface area (Å²) in [6, 6.07) is 17.8. The molecule has 5 nitrogen and oxygen atoms in total. The number of likely N-dealkylation sites (tertiary alicyclic amines) is 1. The lowest BCUT2D eigenvalue weighted by Crippen LogP contribution is -2.46. The Hall–Kier alpha value is -2.24. The van der Waals surface area contributed by atoms with Gasteiger partial charge in [-0.2, -0.15) is 0 Å². The first-order valence-corrected chi connectivity index (χ1v) is 11.5. The number of nitrogens with one attached hydrogen (secondary N) is 1. The Labute approximate surface area is 180 Å². The molecule has 5 rings (SSSR count). The van der Waals surface area contributed by atoms with Gasteiger partial charge in [0.25, 0.3) is 0 Å². The zero-order valence-electron chi connectivity index (χ0n) is 17.8. The van der Waals surface area contributed by atoms with Gasteiger partial charge < -0.3 is 19.7 Å². The fourth-order valence-electron chi connectivity index (χ4n) is 5.06. The Morgan fingerprint density at radius 3 is 2.60 bits per heavy atom. The van der Waals surface area contributed by atoms with Crippen LogP contribution in [-0.4, -0.2) is 50.5 Å². The number of piperidine rings is 2. The van der Waals surface area contributed by atoms with Gasteiger partial charge in [0.15, 0.2) is 11.5 Å². The number of anilines is 1. The largest absolute Gasteiger partial charge is 0.454 e. The summed E-state index contributed by atoms with van der Waals surface area (Å²) in [7, 11) is 0. The van der Waals surface area contributed by atoms with Crippen molar-refractivity contribution in [3.8, 4) is 11.5 Å². The highest BCUT2D eigenvalue weighted by molar-refractivity contribution is 5.57. The fourth-order valence-corrected chi connectivity index (χ4v) is 5.06. The third kappa shape index (κ3) is 4.73. The molecule has 0 bridgehead atoms. The molecule has 1 atom stereocenters. The predicted molar refractivity (Wildman–Crippen MR) is 120 cm³/mol. The summed E-state index contributed by atoms with van der Waals surface area (Å²) in [5.74, 6) is 2.52. The lowest BCUT2D eigenvalue weighted by Gasteiger charge is -2.36. The molecule has 0 amide bonds. The molecule has 1 unspecified atom stereocenters. The summed E-state index contributed by atoms with van der Waals surface area (Å²) in [6.07, 6.45) is 5.08. The molecule has 5 heteroatoms. The molecule has 30 heavy (non-hydrogen) atoms. The van der Waals surface area contributed by atoms with Crippen LogP contribution in [0.4, 0.5) is 5.69 Å². The number of hydrogen-bond acceptors (Lipinski definition) is 5. The topological polar surface area (TPSA) is 37.0 Å². The first kappa shape index (κ1) is 19.7. The number of fused-ring (bicyclic) bond motifs is 1. The Morgan fingerprint density at radius 1 is 0.900 bits per heavy atom. The van der Waals surface area contributed by atoms with E-state index in [1.165, 1.54) is 50.0 Å². The van der Waals surface area contributed by atoms with Crippen LogP contribution in [0.5, 0.6) is 11.5 Å². The van der Waals surface area contributed by atoms with Gasteiger partial charge in [0.2, 0.25) is 6.79 Å². The Balaban J connectivity index is 1.06. The van der Waals surface area contributed by atoms with E-state index in [1.54, 1.807) is 0 Å². The van der Waals surface area contributed by atoms with Gasteiger partial charge in [-0.1, -0.05) is 30.3 Å². The van der Waals surface area contributed by atoms with Gasteiger partial charge in [0.1, 0.15) is 0 Å². The Bertz CT molecular complexity index is 820. The molecule has 2 aromatic rings. The molecule has 160 valence electrons. The molecule has 0 spiro atoms. The van der Waals surface area contributed by atoms with Crippen molar-refractivity contribution in [2.75, 3.05) is 44.4 Å². The smallest absolute Gasteiger partial charge is 0.231 e. The highest BCUT2D eigenvalue weighted by Gasteiger charge is 2.24. The lowest BCUT2D eigenvalue weighted by atomic mass is 9.96. The summed E-state index contributed by atoms with van der Waals surface area (Å²) in [6.45, 7) is 7.24. The average Bonchev–Trinajstić information content (AvgIpc) is 3.27. The van der Waals surface area contributed by atoms with E-state index in [0.29, 0.717) is 12.8 Å². The van der Waals surface area contributed by atoms with Gasteiger partial charge in [-0.3, -0.25) is 4.90 Å². The van der Waals surface area contributed by atoms with E-state index in [1.807, 2.05) is 6.07 Å². The average molecular weight is 408 g/mol. The minimum absolute atomic E-state index is 0.342. The van der Waals surface area contributed by atoms with Crippen LogP contribution in [0.3, 0.4) is 0 Å². The van der Waals surface area contributed by atoms with Crippen molar-refractivity contribution in [1.82, 2.24) is 10.2 Å². The lowest BCUT2D eigenvalue weighted by molar-refractivity contribution is 0.161. The van der Waals surface area contributed by atoms with Crippen LogP contribution in [0, 0.1) is 5.92 Å². The van der Waals surface area contributed by atoms with Gasteiger partial charge >= 0.3 is 0 Å². The standard InChI is InChI=1S/C25H33N3O2/c1-2-5-20(6-3-1)17-27-12-4-7-21(18-27)16-26-22-10-13-28(14-11-22)23-8-9-24-25(15-23)30-19-29-24/h1-3,5-6,8-9,15,21-22,26H,4,7,10-14,16-19H2. The summed E-state index contributed by atoms with van der Waals surface area (Å²) in [4.78, 5) is 5.11. The predicted octanol–water partition coefficient (Wildman–Crippen LogP) is 3.89. The van der Waals surface area contributed by atoms with Gasteiger partial charge in [-0.15, -0.1) is 0 Å². The molecule has 3 aliphatic heterocycles. The molecule has 3 heterocycles. The molecular formula is C25H33N3O2. The first-order valence-electron chi connectivity index (χ1n) is 11.5. The van der Waals surface area contributed by atoms with Gasteiger partial charge in [-0.25, -0.2) is 0 Å². The molecule has 0 saturated carbocycles. The summed E-state index contributed by atoms with van der Waals surface area (Å²) in [5, 5.41) is 3.89. The van der Waals surface area contributed by atoms with Crippen molar-refractivity contribution in [3.05, 3.63) is 54.1 Å². The molecule has 1 N–H and O–H groups in total. The molecular weight excluding hydrogens is 374 g/mol. The number of hydrogen-bond donors (Lipinski definition) is 1. The van der Waals surface area contributed by atoms with E-state index in [-0.39, 0.29) is 0 Å². The second-order valence-electron chi connectivity index (χ2n) is 8.94. The number of rotatable bonds is 6. The van der Waals surface area contributed by atoms with Crippen LogP contribution in [-0.2, 0) is 6.54 Å². The highest BCUT2D eigenvalue weighted by Crippen LogP contribution is 2.36. The van der Waals surface area contributed by atoms with Gasteiger partial charge in [-0.05, 0) is 62.4 Å². The molecule has 0 aliphatic carbocycles. The molecule has 2 saturated heterocycles.